The molecule has 3 aromatic rings. The van der Waals surface area contributed by atoms with E-state index in [-0.39, 0.29) is 5.75 Å². The number of nitrogens with one attached hydrogen (secondary N) is 2. The number of phenolic OH excluding ortho intramolecular Hbond substituents is 1. The molecule has 0 radical (unpaired) electrons. The summed E-state index contributed by atoms with van der Waals surface area (Å²) >= 11 is 1.18. The minimum absolute atomic E-state index is 0.0333. The maximum atomic E-state index is 13.9. The van der Waals surface area contributed by atoms with E-state index in [4.69, 9.17) is 9.47 Å². The Morgan fingerprint density at radius 1 is 0.894 bits per heavy atom. The van der Waals surface area contributed by atoms with Gasteiger partial charge in [-0.05, 0) is 67.5 Å². The molecule has 5 rings (SSSR count). The number of amides is 3. The zero-order valence-electron chi connectivity index (χ0n) is 26.3. The van der Waals surface area contributed by atoms with Crippen molar-refractivity contribution in [2.24, 2.45) is 0 Å². The fourth-order valence-electron chi connectivity index (χ4n) is 5.38. The molecule has 11 nitrogen and oxygen atoms in total. The van der Waals surface area contributed by atoms with Gasteiger partial charge in [-0.15, -0.1) is 11.8 Å². The van der Waals surface area contributed by atoms with Gasteiger partial charge in [0.15, 0.2) is 12.1 Å². The van der Waals surface area contributed by atoms with Crippen LogP contribution in [0.5, 0.6) is 5.75 Å². The number of thioether (sulfide) groups is 1. The number of phenols is 1. The molecular formula is C35H37N3O8S. The third-order valence-corrected chi connectivity index (χ3v) is 8.80. The molecule has 0 aromatic heterocycles. The number of carbonyl (C=O) groups is 4. The van der Waals surface area contributed by atoms with Gasteiger partial charge in [0.2, 0.25) is 11.8 Å². The summed E-state index contributed by atoms with van der Waals surface area (Å²) in [5.41, 5.74) is 1.27. The largest absolute Gasteiger partial charge is 0.508 e. The van der Waals surface area contributed by atoms with Gasteiger partial charge in [0.1, 0.15) is 28.8 Å². The van der Waals surface area contributed by atoms with Crippen LogP contribution in [0.15, 0.2) is 95.9 Å². The van der Waals surface area contributed by atoms with Crippen LogP contribution in [0.4, 0.5) is 4.79 Å². The average molecular weight is 660 g/mol. The second-order valence-electron chi connectivity index (χ2n) is 12.3. The predicted octanol–water partition coefficient (Wildman–Crippen LogP) is 4.32. The lowest BCUT2D eigenvalue weighted by atomic mass is 9.94. The lowest BCUT2D eigenvalue weighted by molar-refractivity contribution is -0.166. The third kappa shape index (κ3) is 7.61. The number of nitrogens with zero attached hydrogens (tertiary/aromatic N) is 1. The topological polar surface area (TPSA) is 154 Å². The van der Waals surface area contributed by atoms with E-state index in [1.54, 1.807) is 26.2 Å². The van der Waals surface area contributed by atoms with Crippen LogP contribution in [-0.2, 0) is 23.9 Å². The van der Waals surface area contributed by atoms with Crippen LogP contribution < -0.4 is 10.6 Å². The second-order valence-corrected chi connectivity index (χ2v) is 13.3. The molecule has 5 atom stereocenters. The smallest absolute Gasteiger partial charge is 0.408 e. The van der Waals surface area contributed by atoms with E-state index in [2.05, 4.69) is 10.6 Å². The van der Waals surface area contributed by atoms with Crippen molar-refractivity contribution in [1.82, 2.24) is 15.5 Å². The summed E-state index contributed by atoms with van der Waals surface area (Å²) < 4.78 is 11.4. The number of benzene rings is 3. The van der Waals surface area contributed by atoms with Crippen molar-refractivity contribution < 1.29 is 38.9 Å². The van der Waals surface area contributed by atoms with Gasteiger partial charge in [-0.25, -0.2) is 9.59 Å². The highest BCUT2D eigenvalue weighted by Crippen LogP contribution is 2.42. The lowest BCUT2D eigenvalue weighted by Gasteiger charge is -2.52. The Morgan fingerprint density at radius 2 is 1.47 bits per heavy atom. The van der Waals surface area contributed by atoms with Crippen LogP contribution in [-0.4, -0.2) is 68.2 Å². The quantitative estimate of drug-likeness (QED) is 0.194. The molecule has 3 amide bonds. The Balaban J connectivity index is 1.37. The number of hydrogen-bond donors (Lipinski definition) is 4. The van der Waals surface area contributed by atoms with Crippen molar-refractivity contribution in [3.8, 4) is 5.75 Å². The molecule has 4 unspecified atom stereocenters. The fraction of sp³-hybridized carbons (Fsp3) is 0.314. The molecule has 1 fully saturated rings. The summed E-state index contributed by atoms with van der Waals surface area (Å²) in [6, 6.07) is 20.6. The Morgan fingerprint density at radius 3 is 2.00 bits per heavy atom. The van der Waals surface area contributed by atoms with Gasteiger partial charge in [0.05, 0.1) is 6.10 Å². The summed E-state index contributed by atoms with van der Waals surface area (Å²) in [4.78, 5) is 55.2. The number of aliphatic hydroxyl groups is 1. The zero-order chi connectivity index (χ0) is 33.9. The number of fused-ring (bicyclic) bond motifs is 1. The molecule has 2 heterocycles. The third-order valence-electron chi connectivity index (χ3n) is 7.61. The highest BCUT2D eigenvalue weighted by atomic mass is 32.2. The number of alkyl carbamates (subject to hydrolysis) is 1. The van der Waals surface area contributed by atoms with Crippen molar-refractivity contribution in [2.75, 3.05) is 0 Å². The Bertz CT molecular complexity index is 1600. The van der Waals surface area contributed by atoms with Crippen molar-refractivity contribution in [2.45, 2.75) is 69.0 Å². The molecule has 0 aliphatic carbocycles. The maximum absolute atomic E-state index is 13.9. The van der Waals surface area contributed by atoms with Gasteiger partial charge in [-0.2, -0.15) is 0 Å². The standard InChI is InChI=1S/C35H37N3O8S/c1-20(39)25-19-47-32-27(36-30(41)26(21-15-17-24(40)18-16-21)37-34(44)46-35(2,3)4)31(42)38(32)28(25)33(43)45-29(22-11-7-5-8-12-22)23-13-9-6-10-14-23/h5-20,26-29,32,39-40H,1-4H3,(H,36,41)(H,37,44)/t20?,26?,27?,28?,32-/m1/s1. The second kappa shape index (κ2) is 13.9. The van der Waals surface area contributed by atoms with Gasteiger partial charge >= 0.3 is 12.1 Å². The molecule has 12 heteroatoms. The first-order valence-corrected chi connectivity index (χ1v) is 16.0. The molecule has 0 saturated carbocycles. The van der Waals surface area contributed by atoms with E-state index in [1.807, 2.05) is 60.7 Å². The van der Waals surface area contributed by atoms with Crippen LogP contribution in [0, 0.1) is 0 Å². The van der Waals surface area contributed by atoms with Crippen molar-refractivity contribution >= 4 is 35.6 Å². The van der Waals surface area contributed by atoms with Crippen LogP contribution in [0.25, 0.3) is 0 Å². The highest BCUT2D eigenvalue weighted by molar-refractivity contribution is 8.03. The summed E-state index contributed by atoms with van der Waals surface area (Å²) in [6.07, 6.45) is -2.69. The molecule has 246 valence electrons. The van der Waals surface area contributed by atoms with E-state index in [9.17, 15) is 29.4 Å². The van der Waals surface area contributed by atoms with Crippen molar-refractivity contribution in [3.05, 3.63) is 113 Å². The summed E-state index contributed by atoms with van der Waals surface area (Å²) in [5.74, 6) is -2.01. The van der Waals surface area contributed by atoms with Crippen LogP contribution in [0.3, 0.4) is 0 Å². The number of ether oxygens (including phenoxy) is 2. The highest BCUT2D eigenvalue weighted by Gasteiger charge is 2.57. The van der Waals surface area contributed by atoms with E-state index < -0.39 is 65.2 Å². The van der Waals surface area contributed by atoms with Gasteiger partial charge in [0.25, 0.3) is 0 Å². The SMILES string of the molecule is CC(O)C1=CS[C@@H]2C(NC(=O)C(NC(=O)OC(C)(C)C)c3ccc(O)cc3)C(=O)N2C1C(=O)OC(c1ccccc1)c1ccccc1. The number of hydrogen-bond acceptors (Lipinski definition) is 9. The molecule has 2 aliphatic rings. The Hall–Kier alpha value is -4.81. The van der Waals surface area contributed by atoms with Gasteiger partial charge < -0.3 is 35.2 Å². The summed E-state index contributed by atoms with van der Waals surface area (Å²) in [7, 11) is 0. The molecule has 3 aromatic carbocycles. The van der Waals surface area contributed by atoms with Crippen LogP contribution in [0.2, 0.25) is 0 Å². The molecule has 1 saturated heterocycles. The van der Waals surface area contributed by atoms with E-state index >= 15 is 0 Å². The number of rotatable bonds is 9. The minimum atomic E-state index is -1.26. The number of aromatic hydroxyl groups is 1. The molecule has 47 heavy (non-hydrogen) atoms. The number of esters is 1. The van der Waals surface area contributed by atoms with E-state index in [0.717, 1.165) is 11.1 Å². The average Bonchev–Trinajstić information content (AvgIpc) is 3.04. The monoisotopic (exact) mass is 659 g/mol. The van der Waals surface area contributed by atoms with E-state index in [0.29, 0.717) is 11.1 Å². The lowest BCUT2D eigenvalue weighted by Crippen LogP contribution is -2.74. The first-order valence-electron chi connectivity index (χ1n) is 15.1. The first kappa shape index (κ1) is 33.6. The molecule has 0 bridgehead atoms. The van der Waals surface area contributed by atoms with E-state index in [1.165, 1.54) is 47.9 Å². The minimum Gasteiger partial charge on any atom is -0.508 e. The number of aliphatic hydroxyl groups excluding tert-OH is 1. The molecule has 0 spiro atoms. The van der Waals surface area contributed by atoms with Gasteiger partial charge in [-0.1, -0.05) is 72.8 Å². The Kier molecular flexibility index (Phi) is 9.92. The fourth-order valence-corrected chi connectivity index (χ4v) is 6.70. The van der Waals surface area contributed by atoms with Crippen LogP contribution >= 0.6 is 11.8 Å². The van der Waals surface area contributed by atoms with Crippen LogP contribution in [0.1, 0.15) is 56.5 Å². The van der Waals surface area contributed by atoms with Crippen molar-refractivity contribution in [1.29, 1.82) is 0 Å². The molecular weight excluding hydrogens is 622 g/mol. The number of carbonyl (C=O) groups excluding carboxylic acids is 4. The first-order chi connectivity index (χ1) is 22.3. The van der Waals surface area contributed by atoms with Gasteiger partial charge in [-0.3, -0.25) is 9.59 Å². The zero-order valence-corrected chi connectivity index (χ0v) is 27.1. The summed E-state index contributed by atoms with van der Waals surface area (Å²) in [5, 5.41) is 26.6. The molecule has 2 aliphatic heterocycles. The molecule has 4 N–H and O–H groups in total. The number of β-lactam (4-membered cyclic amide) rings is 1. The predicted molar refractivity (Wildman–Crippen MR) is 175 cm³/mol. The maximum Gasteiger partial charge on any atom is 0.408 e. The Labute approximate surface area is 276 Å². The van der Waals surface area contributed by atoms with Gasteiger partial charge in [0, 0.05) is 0 Å². The van der Waals surface area contributed by atoms with Crippen molar-refractivity contribution in [3.63, 3.8) is 0 Å². The normalized spacial score (nSPS) is 20.2. The summed E-state index contributed by atoms with van der Waals surface area (Å²) in [6.45, 7) is 6.56.